The summed E-state index contributed by atoms with van der Waals surface area (Å²) in [4.78, 5) is 4.24. The lowest BCUT2D eigenvalue weighted by Gasteiger charge is -2.34. The molecule has 1 aliphatic rings. The van der Waals surface area contributed by atoms with E-state index in [0.29, 0.717) is 18.1 Å². The Hall–Kier alpha value is -0.730. The van der Waals surface area contributed by atoms with Gasteiger partial charge >= 0.3 is 0 Å². The highest BCUT2D eigenvalue weighted by Crippen LogP contribution is 2.19. The Labute approximate surface area is 129 Å². The first kappa shape index (κ1) is 16.6. The molecule has 8 heteroatoms. The predicted octanol–water partition coefficient (Wildman–Crippen LogP) is 0.885. The van der Waals surface area contributed by atoms with Gasteiger partial charge in [-0.15, -0.1) is 0 Å². The molecule has 0 bridgehead atoms. The van der Waals surface area contributed by atoms with Gasteiger partial charge in [-0.2, -0.15) is 0 Å². The average molecular weight is 336 g/mol. The van der Waals surface area contributed by atoms with Gasteiger partial charge in [-0.25, -0.2) is 17.9 Å². The summed E-state index contributed by atoms with van der Waals surface area (Å²) in [6.07, 6.45) is 0. The van der Waals surface area contributed by atoms with Gasteiger partial charge < -0.3 is 0 Å². The van der Waals surface area contributed by atoms with E-state index in [1.165, 1.54) is 12.1 Å². The third-order valence-corrected chi connectivity index (χ3v) is 4.68. The van der Waals surface area contributed by atoms with Crippen LogP contribution in [0.3, 0.4) is 0 Å². The molecule has 5 nitrogen and oxygen atoms in total. The molecule has 0 radical (unpaired) electrons. The molecular formula is C13H19ClFN3O2S. The highest BCUT2D eigenvalue weighted by atomic mass is 35.5. The van der Waals surface area contributed by atoms with E-state index in [9.17, 15) is 12.8 Å². The lowest BCUT2D eigenvalue weighted by molar-refractivity contribution is 0.132. The highest BCUT2D eigenvalue weighted by molar-refractivity contribution is 7.89. The van der Waals surface area contributed by atoms with Crippen molar-refractivity contribution >= 4 is 21.6 Å². The maximum Gasteiger partial charge on any atom is 0.210 e. The minimum Gasteiger partial charge on any atom is -0.300 e. The Kier molecular flexibility index (Phi) is 5.56. The predicted molar refractivity (Wildman–Crippen MR) is 81.1 cm³/mol. The summed E-state index contributed by atoms with van der Waals surface area (Å²) >= 11 is 6.06. The Morgan fingerprint density at radius 2 is 1.81 bits per heavy atom. The molecule has 0 aliphatic carbocycles. The smallest absolute Gasteiger partial charge is 0.210 e. The minimum atomic E-state index is -3.41. The van der Waals surface area contributed by atoms with Gasteiger partial charge in [-0.3, -0.25) is 9.80 Å². The summed E-state index contributed by atoms with van der Waals surface area (Å²) in [6, 6.07) is 4.36. The van der Waals surface area contributed by atoms with Gasteiger partial charge in [-0.05, 0) is 23.8 Å². The van der Waals surface area contributed by atoms with Crippen LogP contribution in [0.25, 0.3) is 0 Å². The molecule has 0 spiro atoms. The lowest BCUT2D eigenvalue weighted by atomic mass is 10.2. The summed E-state index contributed by atoms with van der Waals surface area (Å²) in [5.41, 5.74) is 0.773. The molecule has 2 N–H and O–H groups in total. The quantitative estimate of drug-likeness (QED) is 0.867. The summed E-state index contributed by atoms with van der Waals surface area (Å²) in [7, 11) is -3.41. The van der Waals surface area contributed by atoms with Gasteiger partial charge in [0.2, 0.25) is 10.0 Å². The van der Waals surface area contributed by atoms with Gasteiger partial charge in [0.15, 0.2) is 0 Å². The largest absolute Gasteiger partial charge is 0.300 e. The van der Waals surface area contributed by atoms with Gasteiger partial charge in [0.1, 0.15) is 5.82 Å². The molecule has 1 aliphatic heterocycles. The van der Waals surface area contributed by atoms with Crippen molar-refractivity contribution in [3.05, 3.63) is 34.6 Å². The number of benzene rings is 1. The molecule has 0 atom stereocenters. The van der Waals surface area contributed by atoms with Crippen LogP contribution in [-0.2, 0) is 16.6 Å². The molecule has 1 fully saturated rings. The number of halogens is 2. The summed E-state index contributed by atoms with van der Waals surface area (Å²) in [5.74, 6) is -0.316. The number of rotatable bonds is 5. The molecule has 1 aromatic carbocycles. The van der Waals surface area contributed by atoms with Crippen molar-refractivity contribution in [3.63, 3.8) is 0 Å². The summed E-state index contributed by atoms with van der Waals surface area (Å²) in [5, 5.41) is 5.56. The number of hydrogen-bond acceptors (Lipinski definition) is 4. The van der Waals surface area contributed by atoms with Crippen molar-refractivity contribution in [3.8, 4) is 0 Å². The van der Waals surface area contributed by atoms with Crippen molar-refractivity contribution < 1.29 is 12.8 Å². The molecule has 118 valence electrons. The first-order chi connectivity index (χ1) is 9.83. The van der Waals surface area contributed by atoms with Gasteiger partial charge in [0, 0.05) is 44.3 Å². The third-order valence-electron chi connectivity index (χ3n) is 3.56. The highest BCUT2D eigenvalue weighted by Gasteiger charge is 2.19. The first-order valence-corrected chi connectivity index (χ1v) is 8.82. The van der Waals surface area contributed by atoms with Crippen LogP contribution in [0.1, 0.15) is 5.56 Å². The first-order valence-electron chi connectivity index (χ1n) is 6.72. The lowest BCUT2D eigenvalue weighted by Crippen LogP contribution is -2.47. The Bertz CT molecular complexity index is 589. The second-order valence-corrected chi connectivity index (χ2v) is 7.36. The molecular weight excluding hydrogens is 317 g/mol. The van der Waals surface area contributed by atoms with Crippen molar-refractivity contribution in [2.45, 2.75) is 6.54 Å². The van der Waals surface area contributed by atoms with E-state index in [2.05, 4.69) is 9.80 Å². The van der Waals surface area contributed by atoms with Crippen LogP contribution < -0.4 is 5.14 Å². The topological polar surface area (TPSA) is 66.6 Å². The van der Waals surface area contributed by atoms with E-state index < -0.39 is 10.0 Å². The molecule has 1 heterocycles. The van der Waals surface area contributed by atoms with Crippen molar-refractivity contribution in [2.24, 2.45) is 5.14 Å². The average Bonchev–Trinajstić information content (AvgIpc) is 2.41. The molecule has 21 heavy (non-hydrogen) atoms. The van der Waals surface area contributed by atoms with E-state index in [1.807, 2.05) is 0 Å². The van der Waals surface area contributed by atoms with Crippen LogP contribution in [0, 0.1) is 5.82 Å². The van der Waals surface area contributed by atoms with Crippen LogP contribution in [0.5, 0.6) is 0 Å². The minimum absolute atomic E-state index is 0.0251. The van der Waals surface area contributed by atoms with E-state index in [4.69, 9.17) is 16.7 Å². The van der Waals surface area contributed by atoms with E-state index in [-0.39, 0.29) is 11.6 Å². The number of primary sulfonamides is 1. The van der Waals surface area contributed by atoms with Crippen molar-refractivity contribution in [2.75, 3.05) is 38.5 Å². The number of sulfonamides is 1. The SMILES string of the molecule is NS(=O)(=O)CCN1CCN(Cc2cc(F)ccc2Cl)CC1. The van der Waals surface area contributed by atoms with E-state index in [0.717, 1.165) is 31.7 Å². The molecule has 1 saturated heterocycles. The molecule has 2 rings (SSSR count). The van der Waals surface area contributed by atoms with E-state index >= 15 is 0 Å². The van der Waals surface area contributed by atoms with E-state index in [1.54, 1.807) is 6.07 Å². The van der Waals surface area contributed by atoms with Crippen LogP contribution in [0.15, 0.2) is 18.2 Å². The fraction of sp³-hybridized carbons (Fsp3) is 0.538. The third kappa shape index (κ3) is 5.52. The molecule has 1 aromatic rings. The zero-order chi connectivity index (χ0) is 15.5. The van der Waals surface area contributed by atoms with Gasteiger partial charge in [0.25, 0.3) is 0 Å². The normalized spacial score (nSPS) is 18.0. The number of nitrogens with two attached hydrogens (primary N) is 1. The van der Waals surface area contributed by atoms with Gasteiger partial charge in [-0.1, -0.05) is 11.6 Å². The zero-order valence-corrected chi connectivity index (χ0v) is 13.2. The van der Waals surface area contributed by atoms with Gasteiger partial charge in [0.05, 0.1) is 5.75 Å². The molecule has 0 unspecified atom stereocenters. The second kappa shape index (κ2) is 7.02. The van der Waals surface area contributed by atoms with Crippen LogP contribution in [-0.4, -0.2) is 56.7 Å². The maximum absolute atomic E-state index is 13.2. The Morgan fingerprint density at radius 1 is 1.19 bits per heavy atom. The fourth-order valence-corrected chi connectivity index (χ4v) is 3.02. The van der Waals surface area contributed by atoms with Crippen molar-refractivity contribution in [1.82, 2.24) is 9.80 Å². The van der Waals surface area contributed by atoms with Crippen molar-refractivity contribution in [1.29, 1.82) is 0 Å². The van der Waals surface area contributed by atoms with Crippen LogP contribution in [0.2, 0.25) is 5.02 Å². The summed E-state index contributed by atoms with van der Waals surface area (Å²) < 4.78 is 35.1. The number of hydrogen-bond donors (Lipinski definition) is 1. The second-order valence-electron chi connectivity index (χ2n) is 5.22. The molecule has 0 amide bonds. The molecule has 0 saturated carbocycles. The Balaban J connectivity index is 1.83. The number of nitrogens with zero attached hydrogens (tertiary/aromatic N) is 2. The fourth-order valence-electron chi connectivity index (χ4n) is 2.33. The zero-order valence-electron chi connectivity index (χ0n) is 11.6. The van der Waals surface area contributed by atoms with Crippen LogP contribution >= 0.6 is 11.6 Å². The number of piperazine rings is 1. The monoisotopic (exact) mass is 335 g/mol. The maximum atomic E-state index is 13.2. The molecule has 0 aromatic heterocycles. The van der Waals surface area contributed by atoms with Crippen LogP contribution in [0.4, 0.5) is 4.39 Å². The summed E-state index contributed by atoms with van der Waals surface area (Å²) in [6.45, 7) is 4.16. The standard InChI is InChI=1S/C13H19ClFN3O2S/c14-13-2-1-12(15)9-11(13)10-18-5-3-17(4-6-18)7-8-21(16,19)20/h1-2,9H,3-8,10H2,(H2,16,19,20). The Morgan fingerprint density at radius 3 is 2.43 bits per heavy atom.